The van der Waals surface area contributed by atoms with Gasteiger partial charge in [-0.3, -0.25) is 10.1 Å². The average Bonchev–Trinajstić information content (AvgIpc) is 2.95. The Balaban J connectivity index is 2.44. The minimum absolute atomic E-state index is 0.0168. The molecule has 0 radical (unpaired) electrons. The van der Waals surface area contributed by atoms with Crippen LogP contribution in [0.2, 0.25) is 0 Å². The Labute approximate surface area is 149 Å². The number of rotatable bonds is 4. The van der Waals surface area contributed by atoms with E-state index < -0.39 is 22.7 Å². The van der Waals surface area contributed by atoms with E-state index in [0.717, 1.165) is 4.68 Å². The second-order valence-corrected chi connectivity index (χ2v) is 6.41. The first-order chi connectivity index (χ1) is 12.1. The lowest BCUT2D eigenvalue weighted by Gasteiger charge is -2.19. The molecule has 1 N–H and O–H groups in total. The van der Waals surface area contributed by atoms with Crippen molar-refractivity contribution in [2.75, 3.05) is 6.61 Å². The van der Waals surface area contributed by atoms with Gasteiger partial charge in [0.05, 0.1) is 23.2 Å². The van der Waals surface area contributed by atoms with Crippen molar-refractivity contribution in [3.05, 3.63) is 34.0 Å². The molecule has 10 nitrogen and oxygen atoms in total. The van der Waals surface area contributed by atoms with Crippen LogP contribution < -0.4 is 5.32 Å². The topological polar surface area (TPSA) is 126 Å². The number of ether oxygens (including phenoxy) is 2. The minimum Gasteiger partial charge on any atom is -0.450 e. The molecule has 0 saturated carbocycles. The van der Waals surface area contributed by atoms with Crippen molar-refractivity contribution in [1.82, 2.24) is 15.1 Å². The molecule has 1 heterocycles. The van der Waals surface area contributed by atoms with Crippen LogP contribution in [0.4, 0.5) is 15.3 Å². The summed E-state index contributed by atoms with van der Waals surface area (Å²) in [6.45, 7) is 6.95. The van der Waals surface area contributed by atoms with Gasteiger partial charge in [-0.1, -0.05) is 0 Å². The highest BCUT2D eigenvalue weighted by Crippen LogP contribution is 2.26. The molecule has 1 aromatic carbocycles. The highest BCUT2D eigenvalue weighted by Gasteiger charge is 2.23. The van der Waals surface area contributed by atoms with Crippen LogP contribution in [-0.2, 0) is 16.0 Å². The van der Waals surface area contributed by atoms with Crippen molar-refractivity contribution in [3.8, 4) is 0 Å². The van der Waals surface area contributed by atoms with E-state index in [1.807, 2.05) is 0 Å². The first-order valence-corrected chi connectivity index (χ1v) is 7.91. The van der Waals surface area contributed by atoms with Crippen molar-refractivity contribution in [1.29, 1.82) is 0 Å². The number of non-ortho nitro benzene ring substituents is 1. The molecule has 10 heteroatoms. The van der Waals surface area contributed by atoms with Crippen LogP contribution in [0.1, 0.15) is 33.3 Å². The van der Waals surface area contributed by atoms with Crippen LogP contribution in [0.15, 0.2) is 18.3 Å². The standard InChI is InChI=1S/C16H20N4O6/c1-5-25-14(21)17-8-10-6-11(20(23)24)7-13-12(10)9-18-19(13)15(22)26-16(2,3)4/h6-7,9H,5,8H2,1-4H3,(H,17,21). The van der Waals surface area contributed by atoms with Crippen LogP contribution in [-0.4, -0.2) is 39.1 Å². The molecule has 26 heavy (non-hydrogen) atoms. The number of hydrogen-bond donors (Lipinski definition) is 1. The van der Waals surface area contributed by atoms with Gasteiger partial charge in [-0.05, 0) is 33.3 Å². The van der Waals surface area contributed by atoms with Crippen molar-refractivity contribution < 1.29 is 24.0 Å². The number of carbonyl (C=O) groups excluding carboxylic acids is 2. The molecule has 0 saturated heterocycles. The number of hydrogen-bond acceptors (Lipinski definition) is 7. The summed E-state index contributed by atoms with van der Waals surface area (Å²) in [6, 6.07) is 2.55. The van der Waals surface area contributed by atoms with Gasteiger partial charge in [0.1, 0.15) is 5.60 Å². The van der Waals surface area contributed by atoms with E-state index in [0.29, 0.717) is 10.9 Å². The van der Waals surface area contributed by atoms with Gasteiger partial charge in [-0.25, -0.2) is 9.59 Å². The molecule has 140 valence electrons. The summed E-state index contributed by atoms with van der Waals surface area (Å²) in [5.41, 5.74) is -0.334. The number of nitrogens with one attached hydrogen (secondary N) is 1. The Morgan fingerprint density at radius 1 is 1.35 bits per heavy atom. The van der Waals surface area contributed by atoms with E-state index in [1.54, 1.807) is 27.7 Å². The molecular formula is C16H20N4O6. The van der Waals surface area contributed by atoms with Crippen molar-refractivity contribution in [3.63, 3.8) is 0 Å². The molecule has 1 aromatic heterocycles. The zero-order chi connectivity index (χ0) is 19.5. The van der Waals surface area contributed by atoms with Crippen molar-refractivity contribution in [2.45, 2.75) is 39.8 Å². The van der Waals surface area contributed by atoms with Gasteiger partial charge in [0, 0.05) is 24.1 Å². The third-order valence-electron chi connectivity index (χ3n) is 3.23. The summed E-state index contributed by atoms with van der Waals surface area (Å²) in [4.78, 5) is 34.4. The summed E-state index contributed by atoms with van der Waals surface area (Å²) in [5, 5.41) is 18.2. The molecular weight excluding hydrogens is 344 g/mol. The number of amides is 1. The number of alkyl carbamates (subject to hydrolysis) is 1. The fourth-order valence-electron chi connectivity index (χ4n) is 2.23. The van der Waals surface area contributed by atoms with Gasteiger partial charge in [0.15, 0.2) is 0 Å². The van der Waals surface area contributed by atoms with Gasteiger partial charge in [0.25, 0.3) is 5.69 Å². The lowest BCUT2D eigenvalue weighted by Crippen LogP contribution is -2.27. The van der Waals surface area contributed by atoms with E-state index in [2.05, 4.69) is 10.4 Å². The summed E-state index contributed by atoms with van der Waals surface area (Å²) in [6.07, 6.45) is -0.00509. The van der Waals surface area contributed by atoms with Crippen LogP contribution >= 0.6 is 0 Å². The maximum absolute atomic E-state index is 12.3. The number of benzene rings is 1. The van der Waals surface area contributed by atoms with Crippen LogP contribution in [0, 0.1) is 10.1 Å². The predicted molar refractivity (Wildman–Crippen MR) is 91.9 cm³/mol. The average molecular weight is 364 g/mol. The Hall–Kier alpha value is -3.17. The van der Waals surface area contributed by atoms with Gasteiger partial charge in [0.2, 0.25) is 0 Å². The lowest BCUT2D eigenvalue weighted by atomic mass is 10.1. The molecule has 0 atom stereocenters. The van der Waals surface area contributed by atoms with E-state index >= 15 is 0 Å². The molecule has 0 aliphatic carbocycles. The first-order valence-electron chi connectivity index (χ1n) is 7.91. The summed E-state index contributed by atoms with van der Waals surface area (Å²) >= 11 is 0. The smallest absolute Gasteiger partial charge is 0.435 e. The minimum atomic E-state index is -0.753. The van der Waals surface area contributed by atoms with Gasteiger partial charge in [-0.15, -0.1) is 0 Å². The van der Waals surface area contributed by atoms with E-state index in [-0.39, 0.29) is 24.4 Å². The van der Waals surface area contributed by atoms with E-state index in [4.69, 9.17) is 9.47 Å². The molecule has 0 aliphatic heterocycles. The lowest BCUT2D eigenvalue weighted by molar-refractivity contribution is -0.384. The number of carbonyl (C=O) groups is 2. The molecule has 2 rings (SSSR count). The third kappa shape index (κ3) is 4.47. The van der Waals surface area contributed by atoms with Gasteiger partial charge >= 0.3 is 12.2 Å². The van der Waals surface area contributed by atoms with Crippen molar-refractivity contribution >= 4 is 28.8 Å². The fraction of sp³-hybridized carbons (Fsp3) is 0.438. The van der Waals surface area contributed by atoms with Crippen LogP contribution in [0.25, 0.3) is 10.9 Å². The Morgan fingerprint density at radius 2 is 2.04 bits per heavy atom. The Morgan fingerprint density at radius 3 is 2.62 bits per heavy atom. The van der Waals surface area contributed by atoms with Gasteiger partial charge in [-0.2, -0.15) is 9.78 Å². The number of nitrogens with zero attached hydrogens (tertiary/aromatic N) is 3. The number of nitro groups is 1. The normalized spacial score (nSPS) is 11.2. The Bertz CT molecular complexity index is 852. The summed E-state index contributed by atoms with van der Waals surface area (Å²) in [5.74, 6) is 0. The summed E-state index contributed by atoms with van der Waals surface area (Å²) in [7, 11) is 0. The molecule has 1 amide bonds. The predicted octanol–water partition coefficient (Wildman–Crippen LogP) is 2.97. The molecule has 0 unspecified atom stereocenters. The second-order valence-electron chi connectivity index (χ2n) is 6.41. The highest BCUT2D eigenvalue weighted by molar-refractivity contribution is 5.91. The number of aromatic nitrogens is 2. The van der Waals surface area contributed by atoms with Crippen LogP contribution in [0.5, 0.6) is 0 Å². The van der Waals surface area contributed by atoms with Gasteiger partial charge < -0.3 is 14.8 Å². The molecule has 0 spiro atoms. The quantitative estimate of drug-likeness (QED) is 0.653. The zero-order valence-corrected chi connectivity index (χ0v) is 14.9. The maximum atomic E-state index is 12.3. The molecule has 0 aliphatic rings. The van der Waals surface area contributed by atoms with Crippen molar-refractivity contribution in [2.24, 2.45) is 0 Å². The van der Waals surface area contributed by atoms with E-state index in [9.17, 15) is 19.7 Å². The maximum Gasteiger partial charge on any atom is 0.435 e. The first kappa shape index (κ1) is 19.2. The fourth-order valence-corrected chi connectivity index (χ4v) is 2.23. The Kier molecular flexibility index (Phi) is 5.44. The largest absolute Gasteiger partial charge is 0.450 e. The SMILES string of the molecule is CCOC(=O)NCc1cc([N+](=O)[O-])cc2c1cnn2C(=O)OC(C)(C)C. The number of fused-ring (bicyclic) bond motifs is 1. The highest BCUT2D eigenvalue weighted by atomic mass is 16.6. The third-order valence-corrected chi connectivity index (χ3v) is 3.23. The summed E-state index contributed by atoms with van der Waals surface area (Å²) < 4.78 is 11.0. The molecule has 2 aromatic rings. The number of nitro benzene ring substituents is 1. The monoisotopic (exact) mass is 364 g/mol. The zero-order valence-electron chi connectivity index (χ0n) is 14.9. The second kappa shape index (κ2) is 7.38. The van der Waals surface area contributed by atoms with E-state index in [1.165, 1.54) is 18.3 Å². The molecule has 0 fully saturated rings. The van der Waals surface area contributed by atoms with Crippen LogP contribution in [0.3, 0.4) is 0 Å². The molecule has 0 bridgehead atoms.